The third kappa shape index (κ3) is 2.46. The molecule has 2 nitrogen and oxygen atoms in total. The maximum absolute atomic E-state index is 5.51. The zero-order valence-corrected chi connectivity index (χ0v) is 7.43. The van der Waals surface area contributed by atoms with Crippen molar-refractivity contribution in [2.45, 2.75) is 39.2 Å². The Morgan fingerprint density at radius 2 is 2.18 bits per heavy atom. The van der Waals surface area contributed by atoms with E-state index in [0.29, 0.717) is 6.10 Å². The van der Waals surface area contributed by atoms with Crippen molar-refractivity contribution in [2.24, 2.45) is 0 Å². The van der Waals surface area contributed by atoms with Gasteiger partial charge in [-0.2, -0.15) is 0 Å². The van der Waals surface area contributed by atoms with Crippen LogP contribution in [0.4, 0.5) is 0 Å². The van der Waals surface area contributed by atoms with Gasteiger partial charge in [-0.05, 0) is 33.1 Å². The van der Waals surface area contributed by atoms with E-state index in [1.807, 2.05) is 13.8 Å². The molecule has 1 fully saturated rings. The van der Waals surface area contributed by atoms with Crippen LogP contribution in [0.5, 0.6) is 0 Å². The summed E-state index contributed by atoms with van der Waals surface area (Å²) in [6.07, 6.45) is 4.91. The van der Waals surface area contributed by atoms with Crippen molar-refractivity contribution in [3.8, 4) is 0 Å². The molecule has 0 aliphatic heterocycles. The Morgan fingerprint density at radius 3 is 2.82 bits per heavy atom. The summed E-state index contributed by atoms with van der Waals surface area (Å²) in [6.45, 7) is 5.62. The molecular weight excluding hydrogens is 140 g/mol. The van der Waals surface area contributed by atoms with E-state index in [4.69, 9.17) is 9.47 Å². The second-order valence-electron chi connectivity index (χ2n) is 2.74. The van der Waals surface area contributed by atoms with Gasteiger partial charge in [0, 0.05) is 13.2 Å². The Kier molecular flexibility index (Phi) is 3.87. The fraction of sp³-hybridized carbons (Fsp3) is 0.889. The molecule has 1 aliphatic carbocycles. The van der Waals surface area contributed by atoms with Crippen molar-refractivity contribution in [3.05, 3.63) is 6.10 Å². The number of hydrogen-bond acceptors (Lipinski definition) is 2. The van der Waals surface area contributed by atoms with Gasteiger partial charge in [-0.1, -0.05) is 0 Å². The molecular formula is C9H17O2. The fourth-order valence-electron chi connectivity index (χ4n) is 1.51. The molecule has 11 heavy (non-hydrogen) atoms. The van der Waals surface area contributed by atoms with E-state index < -0.39 is 0 Å². The van der Waals surface area contributed by atoms with Crippen molar-refractivity contribution in [2.75, 3.05) is 13.2 Å². The van der Waals surface area contributed by atoms with Crippen molar-refractivity contribution in [1.29, 1.82) is 0 Å². The highest BCUT2D eigenvalue weighted by Gasteiger charge is 2.28. The summed E-state index contributed by atoms with van der Waals surface area (Å²) >= 11 is 0. The molecule has 0 heterocycles. The molecule has 0 spiro atoms. The predicted molar refractivity (Wildman–Crippen MR) is 44.1 cm³/mol. The molecule has 65 valence electrons. The Labute approximate surface area is 68.9 Å². The van der Waals surface area contributed by atoms with Gasteiger partial charge >= 0.3 is 0 Å². The topological polar surface area (TPSA) is 18.5 Å². The normalized spacial score (nSPS) is 26.2. The summed E-state index contributed by atoms with van der Waals surface area (Å²) in [4.78, 5) is 0. The van der Waals surface area contributed by atoms with Crippen LogP contribution >= 0.6 is 0 Å². The smallest absolute Gasteiger partial charge is 0.126 e. The van der Waals surface area contributed by atoms with Crippen LogP contribution in [-0.4, -0.2) is 19.3 Å². The lowest BCUT2D eigenvalue weighted by molar-refractivity contribution is 0.0101. The van der Waals surface area contributed by atoms with Crippen LogP contribution in [-0.2, 0) is 9.47 Å². The van der Waals surface area contributed by atoms with Gasteiger partial charge in [-0.3, -0.25) is 0 Å². The maximum atomic E-state index is 5.51. The largest absolute Gasteiger partial charge is 0.375 e. The van der Waals surface area contributed by atoms with Crippen LogP contribution < -0.4 is 0 Å². The minimum Gasteiger partial charge on any atom is -0.375 e. The molecule has 0 N–H and O–H groups in total. The number of hydrogen-bond donors (Lipinski definition) is 0. The van der Waals surface area contributed by atoms with E-state index in [0.717, 1.165) is 32.2 Å². The van der Waals surface area contributed by atoms with Crippen LogP contribution in [0, 0.1) is 6.10 Å². The van der Waals surface area contributed by atoms with Gasteiger partial charge in [0.25, 0.3) is 0 Å². The summed E-state index contributed by atoms with van der Waals surface area (Å²) in [7, 11) is 0. The van der Waals surface area contributed by atoms with E-state index in [2.05, 4.69) is 0 Å². The maximum Gasteiger partial charge on any atom is 0.126 e. The third-order valence-electron chi connectivity index (χ3n) is 1.95. The summed E-state index contributed by atoms with van der Waals surface area (Å²) in [5.74, 6) is 0. The molecule has 2 heteroatoms. The number of ether oxygens (including phenoxy) is 2. The molecule has 1 rings (SSSR count). The lowest BCUT2D eigenvalue weighted by Gasteiger charge is -2.17. The van der Waals surface area contributed by atoms with Crippen molar-refractivity contribution in [3.63, 3.8) is 0 Å². The average molecular weight is 157 g/mol. The van der Waals surface area contributed by atoms with Crippen LogP contribution in [0.1, 0.15) is 33.1 Å². The first-order chi connectivity index (χ1) is 5.38. The zero-order chi connectivity index (χ0) is 8.10. The van der Waals surface area contributed by atoms with Crippen molar-refractivity contribution in [1.82, 2.24) is 0 Å². The molecule has 0 amide bonds. The molecule has 1 aliphatic rings. The number of rotatable bonds is 4. The van der Waals surface area contributed by atoms with E-state index in [1.54, 1.807) is 0 Å². The van der Waals surface area contributed by atoms with Gasteiger partial charge in [0.2, 0.25) is 0 Å². The van der Waals surface area contributed by atoms with Crippen LogP contribution in [0.15, 0.2) is 0 Å². The SMILES string of the molecule is CCO[C]1CCCC1OCC. The second kappa shape index (κ2) is 4.73. The van der Waals surface area contributed by atoms with Gasteiger partial charge in [0.05, 0.1) is 6.10 Å². The summed E-state index contributed by atoms with van der Waals surface area (Å²) in [5, 5.41) is 0. The molecule has 0 aromatic carbocycles. The molecule has 1 radical (unpaired) electrons. The lowest BCUT2D eigenvalue weighted by Crippen LogP contribution is -2.18. The molecule has 1 saturated carbocycles. The first-order valence-corrected chi connectivity index (χ1v) is 4.48. The summed E-state index contributed by atoms with van der Waals surface area (Å²) < 4.78 is 11.0. The Hall–Kier alpha value is -0.0800. The standard InChI is InChI=1S/C9H17O2/c1-3-10-8-6-5-7-9(8)11-4-2/h8H,3-7H2,1-2H3. The van der Waals surface area contributed by atoms with Gasteiger partial charge in [-0.25, -0.2) is 0 Å². The lowest BCUT2D eigenvalue weighted by atomic mass is 10.2. The highest BCUT2D eigenvalue weighted by Crippen LogP contribution is 2.30. The van der Waals surface area contributed by atoms with E-state index in [-0.39, 0.29) is 0 Å². The average Bonchev–Trinajstić information content (AvgIpc) is 2.39. The minimum atomic E-state index is 0.292. The predicted octanol–water partition coefficient (Wildman–Crippen LogP) is 2.14. The molecule has 0 aromatic heterocycles. The quantitative estimate of drug-likeness (QED) is 0.622. The Balaban J connectivity index is 2.25. The van der Waals surface area contributed by atoms with E-state index >= 15 is 0 Å². The molecule has 0 aromatic rings. The molecule has 1 unspecified atom stereocenters. The van der Waals surface area contributed by atoms with Gasteiger partial charge in [0.1, 0.15) is 6.10 Å². The fourth-order valence-corrected chi connectivity index (χ4v) is 1.51. The molecule has 0 bridgehead atoms. The Bertz CT molecular complexity index is 91.7. The van der Waals surface area contributed by atoms with Crippen LogP contribution in [0.25, 0.3) is 0 Å². The summed E-state index contributed by atoms with van der Waals surface area (Å²) in [5.41, 5.74) is 0. The van der Waals surface area contributed by atoms with Gasteiger partial charge in [0.15, 0.2) is 0 Å². The monoisotopic (exact) mass is 157 g/mol. The summed E-state index contributed by atoms with van der Waals surface area (Å²) in [6, 6.07) is 0. The van der Waals surface area contributed by atoms with E-state index in [1.165, 1.54) is 6.42 Å². The first kappa shape index (κ1) is 9.01. The van der Waals surface area contributed by atoms with Gasteiger partial charge < -0.3 is 9.47 Å². The first-order valence-electron chi connectivity index (χ1n) is 4.48. The molecule has 1 atom stereocenters. The highest BCUT2D eigenvalue weighted by molar-refractivity contribution is 4.94. The van der Waals surface area contributed by atoms with Crippen molar-refractivity contribution < 1.29 is 9.47 Å². The van der Waals surface area contributed by atoms with Gasteiger partial charge in [-0.15, -0.1) is 0 Å². The minimum absolute atomic E-state index is 0.292. The highest BCUT2D eigenvalue weighted by atomic mass is 16.5. The van der Waals surface area contributed by atoms with Crippen molar-refractivity contribution >= 4 is 0 Å². The second-order valence-corrected chi connectivity index (χ2v) is 2.74. The third-order valence-corrected chi connectivity index (χ3v) is 1.95. The van der Waals surface area contributed by atoms with Crippen LogP contribution in [0.2, 0.25) is 0 Å². The van der Waals surface area contributed by atoms with E-state index in [9.17, 15) is 0 Å². The Morgan fingerprint density at radius 1 is 1.36 bits per heavy atom. The van der Waals surface area contributed by atoms with Crippen LogP contribution in [0.3, 0.4) is 0 Å². The molecule has 0 saturated heterocycles. The zero-order valence-electron chi connectivity index (χ0n) is 7.43.